The van der Waals surface area contributed by atoms with Gasteiger partial charge in [-0.3, -0.25) is 0 Å². The van der Waals surface area contributed by atoms with Crippen molar-refractivity contribution in [2.24, 2.45) is 0 Å². The second kappa shape index (κ2) is 8.31. The van der Waals surface area contributed by atoms with E-state index in [1.165, 1.54) is 0 Å². The highest BCUT2D eigenvalue weighted by Crippen LogP contribution is 2.29. The van der Waals surface area contributed by atoms with Gasteiger partial charge in [-0.2, -0.15) is 0 Å². The summed E-state index contributed by atoms with van der Waals surface area (Å²) in [6, 6.07) is 18.9. The number of ether oxygens (including phenoxy) is 1. The fraction of sp³-hybridized carbons (Fsp3) is 0.160. The standard InChI is InChI=1S/C25H20N4O4/c1-14-9-11-18(12-10-14)23-28-27-22(32-23)16(3)31-25(30)19-13-20(17-7-5-4-6-8-17)26-24-21(19)15(2)29-33-24/h4-13,16H,1-3H3. The number of aromatic nitrogens is 4. The van der Waals surface area contributed by atoms with Gasteiger partial charge in [0.1, 0.15) is 0 Å². The fourth-order valence-corrected chi connectivity index (χ4v) is 3.50. The maximum atomic E-state index is 13.2. The number of carbonyl (C=O) groups excluding carboxylic acids is 1. The highest BCUT2D eigenvalue weighted by molar-refractivity contribution is 6.04. The quantitative estimate of drug-likeness (QED) is 0.331. The lowest BCUT2D eigenvalue weighted by Gasteiger charge is -2.11. The van der Waals surface area contributed by atoms with Gasteiger partial charge in [-0.15, -0.1) is 10.2 Å². The van der Waals surface area contributed by atoms with E-state index in [2.05, 4.69) is 20.3 Å². The predicted molar refractivity (Wildman–Crippen MR) is 120 cm³/mol. The van der Waals surface area contributed by atoms with Crippen molar-refractivity contribution in [1.29, 1.82) is 0 Å². The van der Waals surface area contributed by atoms with Crippen LogP contribution in [-0.2, 0) is 4.74 Å². The van der Waals surface area contributed by atoms with Crippen LogP contribution in [0.1, 0.15) is 40.5 Å². The fourth-order valence-electron chi connectivity index (χ4n) is 3.50. The van der Waals surface area contributed by atoms with E-state index in [1.54, 1.807) is 19.9 Å². The van der Waals surface area contributed by atoms with Crippen molar-refractivity contribution >= 4 is 17.1 Å². The SMILES string of the molecule is Cc1ccc(-c2nnc(C(C)OC(=O)c3cc(-c4ccccc4)nc4onc(C)c34)o2)cc1. The molecule has 1 unspecified atom stereocenters. The summed E-state index contributed by atoms with van der Waals surface area (Å²) in [7, 11) is 0. The highest BCUT2D eigenvalue weighted by Gasteiger charge is 2.24. The third kappa shape index (κ3) is 3.98. The van der Waals surface area contributed by atoms with Crippen molar-refractivity contribution < 1.29 is 18.5 Å². The Morgan fingerprint density at radius 3 is 2.48 bits per heavy atom. The maximum Gasteiger partial charge on any atom is 0.339 e. The third-order valence-corrected chi connectivity index (χ3v) is 5.28. The monoisotopic (exact) mass is 440 g/mol. The lowest BCUT2D eigenvalue weighted by Crippen LogP contribution is -2.11. The second-order valence-electron chi connectivity index (χ2n) is 7.73. The molecule has 5 rings (SSSR count). The minimum absolute atomic E-state index is 0.203. The van der Waals surface area contributed by atoms with Crippen molar-refractivity contribution in [3.8, 4) is 22.7 Å². The zero-order valence-corrected chi connectivity index (χ0v) is 18.3. The molecule has 3 aromatic heterocycles. The molecule has 0 aliphatic rings. The van der Waals surface area contributed by atoms with Crippen LogP contribution in [0.2, 0.25) is 0 Å². The van der Waals surface area contributed by atoms with Crippen LogP contribution in [0, 0.1) is 13.8 Å². The lowest BCUT2D eigenvalue weighted by molar-refractivity contribution is 0.0282. The molecule has 3 heterocycles. The molecule has 1 atom stereocenters. The molecule has 0 fully saturated rings. The van der Waals surface area contributed by atoms with Gasteiger partial charge in [-0.25, -0.2) is 9.78 Å². The average Bonchev–Trinajstić information content (AvgIpc) is 3.47. The molecule has 0 radical (unpaired) electrons. The Hall–Kier alpha value is -4.33. The van der Waals surface area contributed by atoms with Crippen LogP contribution < -0.4 is 0 Å². The van der Waals surface area contributed by atoms with Crippen molar-refractivity contribution in [3.63, 3.8) is 0 Å². The van der Waals surface area contributed by atoms with Gasteiger partial charge in [0.25, 0.3) is 11.6 Å². The van der Waals surface area contributed by atoms with E-state index in [0.29, 0.717) is 28.2 Å². The summed E-state index contributed by atoms with van der Waals surface area (Å²) >= 11 is 0. The largest absolute Gasteiger partial charge is 0.449 e. The number of carbonyl (C=O) groups is 1. The minimum Gasteiger partial charge on any atom is -0.449 e. The molecular formula is C25H20N4O4. The number of fused-ring (bicyclic) bond motifs is 1. The summed E-state index contributed by atoms with van der Waals surface area (Å²) < 4.78 is 16.8. The van der Waals surface area contributed by atoms with Gasteiger partial charge in [-0.05, 0) is 39.0 Å². The zero-order valence-electron chi connectivity index (χ0n) is 18.3. The predicted octanol–water partition coefficient (Wildman–Crippen LogP) is 5.47. The number of hydrogen-bond donors (Lipinski definition) is 0. The number of benzene rings is 2. The molecule has 0 bridgehead atoms. The number of rotatable bonds is 5. The van der Waals surface area contributed by atoms with Crippen LogP contribution in [0.3, 0.4) is 0 Å². The summed E-state index contributed by atoms with van der Waals surface area (Å²) in [5.41, 5.74) is 4.48. The summed E-state index contributed by atoms with van der Waals surface area (Å²) in [5.74, 6) is 0.00320. The summed E-state index contributed by atoms with van der Waals surface area (Å²) in [4.78, 5) is 17.7. The normalized spacial score (nSPS) is 12.1. The molecule has 164 valence electrons. The van der Waals surface area contributed by atoms with Crippen LogP contribution in [0.15, 0.2) is 69.6 Å². The van der Waals surface area contributed by atoms with Crippen LogP contribution in [-0.4, -0.2) is 26.3 Å². The first-order valence-electron chi connectivity index (χ1n) is 10.4. The van der Waals surface area contributed by atoms with Gasteiger partial charge in [-0.1, -0.05) is 53.2 Å². The Morgan fingerprint density at radius 1 is 0.970 bits per heavy atom. The van der Waals surface area contributed by atoms with Crippen molar-refractivity contribution in [1.82, 2.24) is 20.3 Å². The second-order valence-corrected chi connectivity index (χ2v) is 7.73. The molecule has 8 nitrogen and oxygen atoms in total. The van der Waals surface area contributed by atoms with Crippen LogP contribution >= 0.6 is 0 Å². The number of hydrogen-bond acceptors (Lipinski definition) is 8. The molecule has 0 aliphatic carbocycles. The first-order valence-corrected chi connectivity index (χ1v) is 10.4. The topological polar surface area (TPSA) is 104 Å². The Labute approximate surface area is 189 Å². The summed E-state index contributed by atoms with van der Waals surface area (Å²) in [6.45, 7) is 5.43. The van der Waals surface area contributed by atoms with E-state index in [-0.39, 0.29) is 11.6 Å². The highest BCUT2D eigenvalue weighted by atomic mass is 16.6. The van der Waals surface area contributed by atoms with Gasteiger partial charge in [0.05, 0.1) is 22.3 Å². The number of pyridine rings is 1. The average molecular weight is 440 g/mol. The molecule has 33 heavy (non-hydrogen) atoms. The molecule has 0 aliphatic heterocycles. The Morgan fingerprint density at radius 2 is 1.73 bits per heavy atom. The Kier molecular flexibility index (Phi) is 5.18. The number of nitrogens with zero attached hydrogens (tertiary/aromatic N) is 4. The molecule has 0 N–H and O–H groups in total. The molecule has 0 saturated carbocycles. The van der Waals surface area contributed by atoms with Gasteiger partial charge in [0.2, 0.25) is 5.89 Å². The van der Waals surface area contributed by atoms with Crippen LogP contribution in [0.4, 0.5) is 0 Å². The first-order chi connectivity index (χ1) is 16.0. The van der Waals surface area contributed by atoms with Gasteiger partial charge < -0.3 is 13.7 Å². The molecule has 0 saturated heterocycles. The van der Waals surface area contributed by atoms with E-state index in [9.17, 15) is 4.79 Å². The van der Waals surface area contributed by atoms with E-state index in [4.69, 9.17) is 13.7 Å². The summed E-state index contributed by atoms with van der Waals surface area (Å²) in [6.07, 6.45) is -0.757. The smallest absolute Gasteiger partial charge is 0.339 e. The van der Waals surface area contributed by atoms with E-state index in [0.717, 1.165) is 16.7 Å². The minimum atomic E-state index is -0.757. The van der Waals surface area contributed by atoms with E-state index >= 15 is 0 Å². The summed E-state index contributed by atoms with van der Waals surface area (Å²) in [5, 5.41) is 12.6. The van der Waals surface area contributed by atoms with Crippen LogP contribution in [0.25, 0.3) is 33.8 Å². The molecular weight excluding hydrogens is 420 g/mol. The third-order valence-electron chi connectivity index (χ3n) is 5.28. The van der Waals surface area contributed by atoms with Gasteiger partial charge in [0, 0.05) is 11.1 Å². The molecule has 0 amide bonds. The van der Waals surface area contributed by atoms with E-state index < -0.39 is 12.1 Å². The maximum absolute atomic E-state index is 13.2. The first kappa shape index (κ1) is 20.6. The molecule has 5 aromatic rings. The van der Waals surface area contributed by atoms with Gasteiger partial charge >= 0.3 is 5.97 Å². The molecule has 0 spiro atoms. The Bertz CT molecular complexity index is 1440. The number of aryl methyl sites for hydroxylation is 2. The Balaban J connectivity index is 1.44. The van der Waals surface area contributed by atoms with E-state index in [1.807, 2.05) is 61.5 Å². The lowest BCUT2D eigenvalue weighted by atomic mass is 10.1. The van der Waals surface area contributed by atoms with Crippen molar-refractivity contribution in [3.05, 3.63) is 83.4 Å². The number of esters is 1. The zero-order chi connectivity index (χ0) is 22.9. The molecule has 8 heteroatoms. The van der Waals surface area contributed by atoms with Crippen molar-refractivity contribution in [2.75, 3.05) is 0 Å². The van der Waals surface area contributed by atoms with Gasteiger partial charge in [0.15, 0.2) is 6.10 Å². The van der Waals surface area contributed by atoms with Crippen LogP contribution in [0.5, 0.6) is 0 Å². The molecule has 2 aromatic carbocycles. The van der Waals surface area contributed by atoms with Crippen molar-refractivity contribution in [2.45, 2.75) is 26.9 Å².